The van der Waals surface area contributed by atoms with E-state index in [0.717, 1.165) is 53.2 Å². The summed E-state index contributed by atoms with van der Waals surface area (Å²) < 4.78 is 15.7. The van der Waals surface area contributed by atoms with Crippen molar-refractivity contribution < 1.29 is 9.50 Å². The first-order chi connectivity index (χ1) is 17.0. The van der Waals surface area contributed by atoms with Crippen LogP contribution in [-0.2, 0) is 7.05 Å². The van der Waals surface area contributed by atoms with Gasteiger partial charge in [-0.2, -0.15) is 5.10 Å². The van der Waals surface area contributed by atoms with Crippen molar-refractivity contribution >= 4 is 34.3 Å². The van der Waals surface area contributed by atoms with Crippen LogP contribution in [0.1, 0.15) is 48.0 Å². The molecule has 2 unspecified atom stereocenters. The minimum Gasteiger partial charge on any atom is -0.393 e. The van der Waals surface area contributed by atoms with Crippen molar-refractivity contribution in [3.05, 3.63) is 74.8 Å². The van der Waals surface area contributed by atoms with Crippen LogP contribution in [-0.4, -0.2) is 55.3 Å². The fourth-order valence-electron chi connectivity index (χ4n) is 5.66. The molecule has 2 bridgehead atoms. The van der Waals surface area contributed by atoms with E-state index in [-0.39, 0.29) is 11.9 Å². The first-order valence-electron chi connectivity index (χ1n) is 11.8. The molecule has 0 radical (unpaired) electrons. The Morgan fingerprint density at radius 2 is 2.03 bits per heavy atom. The maximum absolute atomic E-state index is 14.0. The van der Waals surface area contributed by atoms with Crippen molar-refractivity contribution in [1.29, 1.82) is 0 Å². The minimum atomic E-state index is -0.471. The third kappa shape index (κ3) is 4.31. The maximum atomic E-state index is 14.0. The number of amidine groups is 1. The fourth-order valence-corrected chi connectivity index (χ4v) is 6.52. The first kappa shape index (κ1) is 22.8. The number of aliphatic imine (C=N–C) groups is 1. The Balaban J connectivity index is 1.49. The molecule has 1 aromatic carbocycles. The zero-order chi connectivity index (χ0) is 24.1. The average Bonchev–Trinajstić information content (AvgIpc) is 3.55. The lowest BCUT2D eigenvalue weighted by molar-refractivity contribution is 0.0403. The molecule has 7 nitrogen and oxygen atoms in total. The molecule has 0 spiro atoms. The van der Waals surface area contributed by atoms with E-state index in [1.165, 1.54) is 23.5 Å². The van der Waals surface area contributed by atoms with Crippen LogP contribution >= 0.6 is 22.9 Å². The fraction of sp³-hybridized carbons (Fsp3) is 0.400. The first-order valence-corrected chi connectivity index (χ1v) is 13.1. The number of aliphatic hydroxyl groups is 1. The van der Waals surface area contributed by atoms with E-state index in [9.17, 15) is 9.50 Å². The number of thiazole rings is 1. The molecule has 0 saturated carbocycles. The van der Waals surface area contributed by atoms with Gasteiger partial charge in [0.1, 0.15) is 11.9 Å². The Labute approximate surface area is 212 Å². The van der Waals surface area contributed by atoms with Gasteiger partial charge in [0.2, 0.25) is 0 Å². The summed E-state index contributed by atoms with van der Waals surface area (Å²) in [4.78, 5) is 12.0. The van der Waals surface area contributed by atoms with Crippen LogP contribution in [0.4, 0.5) is 4.39 Å². The number of benzene rings is 1. The molecule has 3 aliphatic heterocycles. The number of nitrogens with zero attached hydrogens (tertiary/aromatic N) is 5. The summed E-state index contributed by atoms with van der Waals surface area (Å²) in [5.41, 5.74) is 3.43. The summed E-state index contributed by atoms with van der Waals surface area (Å²) in [6.45, 7) is 0.674. The number of hydrogen-bond donors (Lipinski definition) is 2. The van der Waals surface area contributed by atoms with Gasteiger partial charge >= 0.3 is 0 Å². The highest BCUT2D eigenvalue weighted by atomic mass is 35.5. The molecule has 2 saturated heterocycles. The molecule has 3 aromatic rings. The van der Waals surface area contributed by atoms with Crippen LogP contribution in [0.15, 0.2) is 52.7 Å². The minimum absolute atomic E-state index is 0.231. The van der Waals surface area contributed by atoms with Crippen LogP contribution in [0.2, 0.25) is 5.02 Å². The summed E-state index contributed by atoms with van der Waals surface area (Å²) in [5.74, 6) is 0.285. The van der Waals surface area contributed by atoms with Gasteiger partial charge in [0, 0.05) is 65.3 Å². The number of piperidine rings is 1. The Bertz CT molecular complexity index is 1290. The molecule has 3 atom stereocenters. The zero-order valence-corrected chi connectivity index (χ0v) is 20.8. The summed E-state index contributed by atoms with van der Waals surface area (Å²) in [6.07, 6.45) is 7.21. The summed E-state index contributed by atoms with van der Waals surface area (Å²) in [7, 11) is 1.89. The topological polar surface area (TPSA) is 78.6 Å². The molecule has 2 fully saturated rings. The van der Waals surface area contributed by atoms with Crippen LogP contribution in [0.25, 0.3) is 5.57 Å². The number of fused-ring (bicyclic) bond motifs is 2. The Morgan fingerprint density at radius 1 is 1.23 bits per heavy atom. The normalized spacial score (nSPS) is 26.7. The number of aryl methyl sites for hydroxylation is 1. The molecular weight excluding hydrogens is 487 g/mol. The third-order valence-electron chi connectivity index (χ3n) is 7.21. The van der Waals surface area contributed by atoms with Crippen molar-refractivity contribution in [3.63, 3.8) is 0 Å². The van der Waals surface area contributed by atoms with Gasteiger partial charge in [-0.25, -0.2) is 9.37 Å². The molecule has 5 heterocycles. The number of aromatic nitrogens is 3. The number of aliphatic hydroxyl groups excluding tert-OH is 1. The molecule has 10 heteroatoms. The van der Waals surface area contributed by atoms with E-state index in [1.54, 1.807) is 16.9 Å². The number of nitrogens with one attached hydrogen (secondary N) is 1. The van der Waals surface area contributed by atoms with Crippen LogP contribution in [0, 0.1) is 5.82 Å². The Kier molecular flexibility index (Phi) is 5.96. The molecule has 6 rings (SSSR count). The van der Waals surface area contributed by atoms with Crippen LogP contribution in [0.3, 0.4) is 0 Å². The van der Waals surface area contributed by atoms with E-state index in [4.69, 9.17) is 21.7 Å². The van der Waals surface area contributed by atoms with Gasteiger partial charge in [-0.05, 0) is 43.9 Å². The van der Waals surface area contributed by atoms with E-state index in [2.05, 4.69) is 15.2 Å². The monoisotopic (exact) mass is 512 g/mol. The van der Waals surface area contributed by atoms with Crippen molar-refractivity contribution in [2.75, 3.05) is 6.54 Å². The van der Waals surface area contributed by atoms with Crippen LogP contribution in [0.5, 0.6) is 0 Å². The second-order valence-electron chi connectivity index (χ2n) is 9.46. The SMILES string of the molecule is Cn1ccc(C2=C(CN3C4CCC3CC(O)C4)NC(c3nccs3)=N[C@H]2c2ccc(F)cc2Cl)n1. The molecule has 2 N–H and O–H groups in total. The summed E-state index contributed by atoms with van der Waals surface area (Å²) in [6, 6.07) is 6.65. The molecule has 0 aliphatic carbocycles. The van der Waals surface area contributed by atoms with E-state index >= 15 is 0 Å². The van der Waals surface area contributed by atoms with Crippen LogP contribution < -0.4 is 5.32 Å². The standard InChI is InChI=1S/C25H26ClFN6OS/c1-32-8-6-20(31-32)22-21(13-33-15-3-4-16(33)12-17(34)11-15)29-24(25-28-7-9-35-25)30-23(22)18-5-2-14(27)10-19(18)26/h2,5-10,15-17,23,34H,3-4,11-13H2,1H3,(H,29,30)/t15?,16?,17?,23-/m0/s1. The number of hydrogen-bond acceptors (Lipinski definition) is 7. The van der Waals surface area contributed by atoms with Gasteiger partial charge in [0.25, 0.3) is 0 Å². The highest BCUT2D eigenvalue weighted by Crippen LogP contribution is 2.42. The van der Waals surface area contributed by atoms with Gasteiger partial charge in [-0.15, -0.1) is 11.3 Å². The third-order valence-corrected chi connectivity index (χ3v) is 8.31. The van der Waals surface area contributed by atoms with Gasteiger partial charge in [-0.1, -0.05) is 17.7 Å². The quantitative estimate of drug-likeness (QED) is 0.536. The highest BCUT2D eigenvalue weighted by Gasteiger charge is 2.42. The lowest BCUT2D eigenvalue weighted by atomic mass is 9.92. The molecule has 0 amide bonds. The van der Waals surface area contributed by atoms with Crippen molar-refractivity contribution in [2.45, 2.75) is 49.9 Å². The Hall–Kier alpha value is -2.59. The lowest BCUT2D eigenvalue weighted by Crippen LogP contribution is -2.47. The molecule has 2 aromatic heterocycles. The predicted molar refractivity (Wildman–Crippen MR) is 135 cm³/mol. The van der Waals surface area contributed by atoms with Gasteiger partial charge in [0.15, 0.2) is 10.8 Å². The zero-order valence-electron chi connectivity index (χ0n) is 19.2. The molecule has 182 valence electrons. The molecule has 35 heavy (non-hydrogen) atoms. The lowest BCUT2D eigenvalue weighted by Gasteiger charge is -2.39. The maximum Gasteiger partial charge on any atom is 0.163 e. The van der Waals surface area contributed by atoms with Gasteiger partial charge in [-0.3, -0.25) is 14.6 Å². The predicted octanol–water partition coefficient (Wildman–Crippen LogP) is 4.16. The second kappa shape index (κ2) is 9.13. The highest BCUT2D eigenvalue weighted by molar-refractivity contribution is 7.11. The van der Waals surface area contributed by atoms with Crippen molar-refractivity contribution in [2.24, 2.45) is 12.0 Å². The smallest absolute Gasteiger partial charge is 0.163 e. The van der Waals surface area contributed by atoms with Crippen molar-refractivity contribution in [1.82, 2.24) is 25.0 Å². The summed E-state index contributed by atoms with van der Waals surface area (Å²) >= 11 is 8.09. The Morgan fingerprint density at radius 3 is 2.69 bits per heavy atom. The second-order valence-corrected chi connectivity index (χ2v) is 10.8. The van der Waals surface area contributed by atoms with E-state index < -0.39 is 6.04 Å². The van der Waals surface area contributed by atoms with Gasteiger partial charge in [0.05, 0.1) is 11.8 Å². The van der Waals surface area contributed by atoms with E-state index in [0.29, 0.717) is 29.5 Å². The van der Waals surface area contributed by atoms with Crippen molar-refractivity contribution in [3.8, 4) is 0 Å². The number of rotatable bonds is 5. The van der Waals surface area contributed by atoms with Gasteiger partial charge < -0.3 is 10.4 Å². The largest absolute Gasteiger partial charge is 0.393 e. The molecular formula is C25H26ClFN6OS. The number of halogens is 2. The van der Waals surface area contributed by atoms with E-state index in [1.807, 2.05) is 24.7 Å². The molecule has 3 aliphatic rings. The summed E-state index contributed by atoms with van der Waals surface area (Å²) in [5, 5.41) is 21.6. The average molecular weight is 513 g/mol.